The third-order valence-electron chi connectivity index (χ3n) is 9.12. The molecule has 0 saturated heterocycles. The van der Waals surface area contributed by atoms with E-state index < -0.39 is 37.1 Å². The molecule has 0 radical (unpaired) electrons. The van der Waals surface area contributed by atoms with Gasteiger partial charge in [0.1, 0.15) is 24.1 Å². The molecule has 13 heteroatoms. The van der Waals surface area contributed by atoms with Gasteiger partial charge in [-0.25, -0.2) is 4.79 Å². The van der Waals surface area contributed by atoms with Gasteiger partial charge in [-0.05, 0) is 91.5 Å². The highest BCUT2D eigenvalue weighted by Crippen LogP contribution is 2.50. The van der Waals surface area contributed by atoms with Gasteiger partial charge in [0.25, 0.3) is 0 Å². The third-order valence-corrected chi connectivity index (χ3v) is 9.82. The first kappa shape index (κ1) is 37.3. The Morgan fingerprint density at radius 2 is 1.63 bits per heavy atom. The van der Waals surface area contributed by atoms with Gasteiger partial charge in [0.15, 0.2) is 0 Å². The van der Waals surface area contributed by atoms with Crippen molar-refractivity contribution in [2.24, 2.45) is 0 Å². The number of hydrogen-bond donors (Lipinski definition) is 8. The van der Waals surface area contributed by atoms with Crippen LogP contribution in [0.1, 0.15) is 61.6 Å². The summed E-state index contributed by atoms with van der Waals surface area (Å²) in [5.74, 6) is 0.907. The fraction of sp³-hybridized carbons (Fsp3) is 0.500. The molecule has 49 heavy (non-hydrogen) atoms. The molecule has 0 spiro atoms. The van der Waals surface area contributed by atoms with Gasteiger partial charge < -0.3 is 46.2 Å². The molecule has 1 heterocycles. The number of halogens is 2. The van der Waals surface area contributed by atoms with Gasteiger partial charge in [0.2, 0.25) is 0 Å². The minimum Gasteiger partial charge on any atom is -0.490 e. The number of nitrogens with zero attached hydrogens (tertiary/aromatic N) is 1. The second-order valence-electron chi connectivity index (χ2n) is 13.0. The molecule has 2 fully saturated rings. The second kappa shape index (κ2) is 17.3. The van der Waals surface area contributed by atoms with E-state index in [0.717, 1.165) is 78.5 Å². The highest BCUT2D eigenvalue weighted by atomic mass is 35.5. The summed E-state index contributed by atoms with van der Waals surface area (Å²) < 4.78 is 6.24. The van der Waals surface area contributed by atoms with Gasteiger partial charge >= 0.3 is 6.03 Å². The average molecular weight is 718 g/mol. The minimum absolute atomic E-state index is 0.205. The summed E-state index contributed by atoms with van der Waals surface area (Å²) in [4.78, 5) is 16.5. The van der Waals surface area contributed by atoms with Crippen molar-refractivity contribution in [3.63, 3.8) is 0 Å². The molecule has 2 amide bonds. The zero-order chi connectivity index (χ0) is 35.0. The number of nitrogens with one attached hydrogen (secondary N) is 3. The number of unbranched alkanes of at least 4 members (excludes halogenated alkanes) is 2. The van der Waals surface area contributed by atoms with Gasteiger partial charge in [0, 0.05) is 53.2 Å². The molecule has 2 aliphatic rings. The van der Waals surface area contributed by atoms with E-state index in [4.69, 9.17) is 33.0 Å². The molecule has 4 atom stereocenters. The predicted octanol–water partition coefficient (Wildman–Crippen LogP) is 3.82. The summed E-state index contributed by atoms with van der Waals surface area (Å²) in [6, 6.07) is 13.6. The first-order valence-corrected chi connectivity index (χ1v) is 17.6. The summed E-state index contributed by atoms with van der Waals surface area (Å²) in [5, 5.41) is 57.8. The number of aliphatic hydroxyl groups is 5. The zero-order valence-electron chi connectivity index (χ0n) is 27.3. The standard InChI is InChI=1S/C36H46Cl2N4O7/c37-28-17-23(18-42-36(12-13-36)27-19-39-15-11-25(27)26-7-3-4-8-32(26)49-24-9-10-24)29(38)16-22(28)6-2-1-5-14-40-35(48)41-20-30(44)33(46)34(47)31(45)21-43/h3-4,7-8,11,15-17,19,24,30-31,33-34,42-47H,1-2,5-6,9-10,12-14,18,20-21H2,(H2,40,41,48). The Morgan fingerprint density at radius 1 is 0.918 bits per heavy atom. The molecule has 0 aliphatic heterocycles. The van der Waals surface area contributed by atoms with Crippen LogP contribution in [0, 0.1) is 0 Å². The number of aliphatic hydroxyl groups excluding tert-OH is 5. The summed E-state index contributed by atoms with van der Waals surface area (Å²) in [6.07, 6.45) is 4.77. The molecule has 4 unspecified atom stereocenters. The van der Waals surface area contributed by atoms with E-state index >= 15 is 0 Å². The van der Waals surface area contributed by atoms with Crippen LogP contribution < -0.4 is 20.7 Å². The number of carbonyl (C=O) groups excluding carboxylic acids is 1. The van der Waals surface area contributed by atoms with Crippen molar-refractivity contribution in [1.29, 1.82) is 0 Å². The normalized spacial score (nSPS) is 17.5. The summed E-state index contributed by atoms with van der Waals surface area (Å²) in [7, 11) is 0. The number of ether oxygens (including phenoxy) is 1. The molecule has 2 aliphatic carbocycles. The maximum absolute atomic E-state index is 12.0. The Bertz CT molecular complexity index is 1560. The summed E-state index contributed by atoms with van der Waals surface area (Å²) in [5.41, 5.74) is 5.04. The number of para-hydroxylation sites is 1. The van der Waals surface area contributed by atoms with Crippen molar-refractivity contribution in [2.75, 3.05) is 19.7 Å². The van der Waals surface area contributed by atoms with E-state index in [-0.39, 0.29) is 12.1 Å². The molecule has 5 rings (SSSR count). The van der Waals surface area contributed by atoms with Crippen molar-refractivity contribution >= 4 is 29.2 Å². The highest BCUT2D eigenvalue weighted by Gasteiger charge is 2.46. The lowest BCUT2D eigenvalue weighted by Crippen LogP contribution is -2.50. The Kier molecular flexibility index (Phi) is 13.1. The monoisotopic (exact) mass is 716 g/mol. The molecule has 11 nitrogen and oxygen atoms in total. The van der Waals surface area contributed by atoms with Crippen molar-refractivity contribution in [2.45, 2.75) is 94.0 Å². The number of aromatic nitrogens is 1. The van der Waals surface area contributed by atoms with Gasteiger partial charge in [-0.15, -0.1) is 0 Å². The highest BCUT2D eigenvalue weighted by molar-refractivity contribution is 6.34. The maximum Gasteiger partial charge on any atom is 0.314 e. The van der Waals surface area contributed by atoms with Crippen LogP contribution in [0.3, 0.4) is 0 Å². The average Bonchev–Trinajstić information content (AvgIpc) is 4.06. The van der Waals surface area contributed by atoms with Crippen LogP contribution in [0.15, 0.2) is 54.9 Å². The number of benzene rings is 2. The topological polar surface area (TPSA) is 176 Å². The van der Waals surface area contributed by atoms with Crippen LogP contribution in [0.5, 0.6) is 5.75 Å². The van der Waals surface area contributed by atoms with Gasteiger partial charge in [-0.3, -0.25) is 4.98 Å². The Balaban J connectivity index is 1.06. The lowest BCUT2D eigenvalue weighted by atomic mass is 9.94. The second-order valence-corrected chi connectivity index (χ2v) is 13.8. The molecular formula is C36H46Cl2N4O7. The zero-order valence-corrected chi connectivity index (χ0v) is 28.8. The first-order valence-electron chi connectivity index (χ1n) is 16.9. The molecule has 2 aromatic carbocycles. The lowest BCUT2D eigenvalue weighted by molar-refractivity contribution is -0.113. The largest absolute Gasteiger partial charge is 0.490 e. The van der Waals surface area contributed by atoms with Crippen LogP contribution in [-0.2, 0) is 18.5 Å². The number of pyridine rings is 1. The van der Waals surface area contributed by atoms with Crippen LogP contribution in [-0.4, -0.2) is 86.8 Å². The number of carbonyl (C=O) groups is 1. The number of amides is 2. The molecule has 0 bridgehead atoms. The van der Waals surface area contributed by atoms with Crippen LogP contribution >= 0.6 is 23.2 Å². The molecular weight excluding hydrogens is 671 g/mol. The summed E-state index contributed by atoms with van der Waals surface area (Å²) in [6.45, 7) is -0.163. The van der Waals surface area contributed by atoms with Crippen LogP contribution in [0.2, 0.25) is 10.0 Å². The molecule has 266 valence electrons. The van der Waals surface area contributed by atoms with E-state index in [1.54, 1.807) is 0 Å². The Hall–Kier alpha value is -3.00. The first-order chi connectivity index (χ1) is 23.6. The molecule has 2 saturated carbocycles. The molecule has 3 aromatic rings. The molecule has 1 aromatic heterocycles. The smallest absolute Gasteiger partial charge is 0.314 e. The van der Waals surface area contributed by atoms with Gasteiger partial charge in [0.05, 0.1) is 18.8 Å². The fourth-order valence-electron chi connectivity index (χ4n) is 5.82. The van der Waals surface area contributed by atoms with Gasteiger partial charge in [-0.1, -0.05) is 47.8 Å². The number of aryl methyl sites for hydroxylation is 1. The van der Waals surface area contributed by atoms with E-state index in [9.17, 15) is 25.2 Å². The number of urea groups is 1. The lowest BCUT2D eigenvalue weighted by Gasteiger charge is -2.25. The number of rotatable bonds is 19. The van der Waals surface area contributed by atoms with Gasteiger partial charge in [-0.2, -0.15) is 0 Å². The van der Waals surface area contributed by atoms with E-state index in [2.05, 4.69) is 33.1 Å². The molecule has 8 N–H and O–H groups in total. The summed E-state index contributed by atoms with van der Waals surface area (Å²) >= 11 is 13.5. The Morgan fingerprint density at radius 3 is 2.37 bits per heavy atom. The third kappa shape index (κ3) is 10.0. The van der Waals surface area contributed by atoms with Crippen molar-refractivity contribution in [1.82, 2.24) is 20.9 Å². The number of hydrogen-bond acceptors (Lipinski definition) is 9. The van der Waals surface area contributed by atoms with Crippen molar-refractivity contribution in [3.8, 4) is 16.9 Å². The van der Waals surface area contributed by atoms with E-state index in [1.807, 2.05) is 42.7 Å². The fourth-order valence-corrected chi connectivity index (χ4v) is 6.35. The van der Waals surface area contributed by atoms with Crippen LogP contribution in [0.25, 0.3) is 11.1 Å². The minimum atomic E-state index is -1.75. The van der Waals surface area contributed by atoms with Crippen LogP contribution in [0.4, 0.5) is 4.79 Å². The Labute approximate surface area is 296 Å². The quantitative estimate of drug-likeness (QED) is 0.0858. The maximum atomic E-state index is 12.0. The SMILES string of the molecule is O=C(NCCCCCc1cc(Cl)c(CNC2(c3cnccc3-c3ccccc3OC3CC3)CC2)cc1Cl)NCC(O)C(O)C(O)C(O)CO. The van der Waals surface area contributed by atoms with E-state index in [1.165, 1.54) is 0 Å². The van der Waals surface area contributed by atoms with E-state index in [0.29, 0.717) is 35.7 Å². The predicted molar refractivity (Wildman–Crippen MR) is 188 cm³/mol. The van der Waals surface area contributed by atoms with Crippen molar-refractivity contribution < 1.29 is 35.1 Å². The van der Waals surface area contributed by atoms with Crippen molar-refractivity contribution in [3.05, 3.63) is 81.6 Å².